The molecule has 0 amide bonds. The van der Waals surface area contributed by atoms with Gasteiger partial charge in [0.25, 0.3) is 0 Å². The molecule has 43 heavy (non-hydrogen) atoms. The third-order valence-electron chi connectivity index (χ3n) is 8.47. The molecule has 0 saturated carbocycles. The molecule has 0 atom stereocenters. The smallest absolute Gasteiger partial charge is 0.135 e. The molecule has 7 aromatic carbocycles. The fourth-order valence-corrected chi connectivity index (χ4v) is 7.72. The van der Waals surface area contributed by atoms with E-state index in [1.165, 1.54) is 47.8 Å². The first-order valence-corrected chi connectivity index (χ1v) is 15.3. The Morgan fingerprint density at radius 1 is 0.442 bits per heavy atom. The van der Waals surface area contributed by atoms with Crippen LogP contribution in [0.2, 0.25) is 0 Å². The number of para-hydroxylation sites is 2. The van der Waals surface area contributed by atoms with E-state index in [1.54, 1.807) is 0 Å². The molecule has 9 aromatic rings. The van der Waals surface area contributed by atoms with E-state index in [1.807, 2.05) is 23.5 Å². The third kappa shape index (κ3) is 3.79. The quantitative estimate of drug-likeness (QED) is 0.210. The number of thiophene rings is 1. The van der Waals surface area contributed by atoms with E-state index in [-0.39, 0.29) is 0 Å². The fourth-order valence-electron chi connectivity index (χ4n) is 6.52. The lowest BCUT2D eigenvalue weighted by Gasteiger charge is -2.28. The second-order valence-electron chi connectivity index (χ2n) is 10.9. The molecule has 2 aromatic heterocycles. The van der Waals surface area contributed by atoms with Crippen molar-refractivity contribution < 1.29 is 4.42 Å². The zero-order valence-corrected chi connectivity index (χ0v) is 24.0. The van der Waals surface area contributed by atoms with Crippen molar-refractivity contribution >= 4 is 81.3 Å². The lowest BCUT2D eigenvalue weighted by Crippen LogP contribution is -2.10. The SMILES string of the molecule is c1ccc(N(c2ccc(-c3ccc4oc5ccccc5c4c3)c3ccccc23)c2cccc3c2sc2ccccc23)cc1. The van der Waals surface area contributed by atoms with Gasteiger partial charge in [-0.15, -0.1) is 11.3 Å². The van der Waals surface area contributed by atoms with Crippen molar-refractivity contribution in [2.24, 2.45) is 0 Å². The Labute approximate surface area is 252 Å². The molecule has 2 heterocycles. The highest BCUT2D eigenvalue weighted by Gasteiger charge is 2.21. The molecule has 0 bridgehead atoms. The highest BCUT2D eigenvalue weighted by atomic mass is 32.1. The zero-order chi connectivity index (χ0) is 28.3. The van der Waals surface area contributed by atoms with Crippen LogP contribution in [0.4, 0.5) is 17.1 Å². The molecule has 202 valence electrons. The number of furan rings is 1. The molecule has 0 fully saturated rings. The van der Waals surface area contributed by atoms with Crippen LogP contribution in [0.1, 0.15) is 0 Å². The number of rotatable bonds is 4. The van der Waals surface area contributed by atoms with E-state index in [9.17, 15) is 0 Å². The molecule has 0 saturated heterocycles. The largest absolute Gasteiger partial charge is 0.456 e. The number of nitrogens with zero attached hydrogens (tertiary/aromatic N) is 1. The summed E-state index contributed by atoms with van der Waals surface area (Å²) in [5.41, 5.74) is 7.71. The number of fused-ring (bicyclic) bond motifs is 7. The number of hydrogen-bond acceptors (Lipinski definition) is 3. The maximum atomic E-state index is 6.13. The molecule has 0 radical (unpaired) electrons. The van der Waals surface area contributed by atoms with Crippen LogP contribution in [-0.4, -0.2) is 0 Å². The summed E-state index contributed by atoms with van der Waals surface area (Å²) in [5, 5.41) is 7.31. The first kappa shape index (κ1) is 24.2. The number of benzene rings is 7. The van der Waals surface area contributed by atoms with Crippen LogP contribution in [0, 0.1) is 0 Å². The summed E-state index contributed by atoms with van der Waals surface area (Å²) in [5.74, 6) is 0. The van der Waals surface area contributed by atoms with Crippen molar-refractivity contribution in [3.63, 3.8) is 0 Å². The van der Waals surface area contributed by atoms with Gasteiger partial charge >= 0.3 is 0 Å². The molecule has 0 unspecified atom stereocenters. The highest BCUT2D eigenvalue weighted by Crippen LogP contribution is 2.47. The van der Waals surface area contributed by atoms with Crippen LogP contribution in [0.3, 0.4) is 0 Å². The van der Waals surface area contributed by atoms with E-state index < -0.39 is 0 Å². The molecule has 9 rings (SSSR count). The van der Waals surface area contributed by atoms with Crippen LogP contribution in [0.25, 0.3) is 64.0 Å². The van der Waals surface area contributed by atoms with Crippen molar-refractivity contribution in [3.05, 3.63) is 152 Å². The van der Waals surface area contributed by atoms with Crippen LogP contribution < -0.4 is 4.90 Å². The second kappa shape index (κ2) is 9.59. The molecule has 2 nitrogen and oxygen atoms in total. The highest BCUT2D eigenvalue weighted by molar-refractivity contribution is 7.26. The van der Waals surface area contributed by atoms with Gasteiger partial charge in [-0.3, -0.25) is 0 Å². The normalized spacial score (nSPS) is 11.7. The summed E-state index contributed by atoms with van der Waals surface area (Å²) in [6.07, 6.45) is 0. The minimum Gasteiger partial charge on any atom is -0.456 e. The Kier molecular flexibility index (Phi) is 5.40. The van der Waals surface area contributed by atoms with Gasteiger partial charge in [-0.25, -0.2) is 0 Å². The van der Waals surface area contributed by atoms with E-state index in [0.29, 0.717) is 0 Å². The predicted octanol–water partition coefficient (Wildman–Crippen LogP) is 12.2. The van der Waals surface area contributed by atoms with Crippen LogP contribution in [0.15, 0.2) is 156 Å². The summed E-state index contributed by atoms with van der Waals surface area (Å²) in [6.45, 7) is 0. The average molecular weight is 568 g/mol. The summed E-state index contributed by atoms with van der Waals surface area (Å²) in [4.78, 5) is 2.43. The van der Waals surface area contributed by atoms with Crippen LogP contribution in [-0.2, 0) is 0 Å². The molecule has 0 aliphatic heterocycles. The first-order valence-electron chi connectivity index (χ1n) is 14.5. The molecule has 0 aliphatic rings. The molecule has 3 heteroatoms. The molecular weight excluding hydrogens is 543 g/mol. The van der Waals surface area contributed by atoms with Gasteiger partial charge < -0.3 is 9.32 Å². The van der Waals surface area contributed by atoms with Crippen molar-refractivity contribution in [1.29, 1.82) is 0 Å². The van der Waals surface area contributed by atoms with Crippen LogP contribution >= 0.6 is 11.3 Å². The summed E-state index contributed by atoms with van der Waals surface area (Å²) in [7, 11) is 0. The predicted molar refractivity (Wildman–Crippen MR) is 184 cm³/mol. The monoisotopic (exact) mass is 567 g/mol. The molecule has 0 aliphatic carbocycles. The summed E-state index contributed by atoms with van der Waals surface area (Å²) < 4.78 is 8.73. The Morgan fingerprint density at radius 3 is 2.02 bits per heavy atom. The molecular formula is C40H25NOS. The van der Waals surface area contributed by atoms with Crippen molar-refractivity contribution in [3.8, 4) is 11.1 Å². The summed E-state index contributed by atoms with van der Waals surface area (Å²) in [6, 6.07) is 54.3. The topological polar surface area (TPSA) is 16.4 Å². The van der Waals surface area contributed by atoms with Crippen molar-refractivity contribution in [2.45, 2.75) is 0 Å². The molecule has 0 N–H and O–H groups in total. The van der Waals surface area contributed by atoms with Crippen molar-refractivity contribution in [2.75, 3.05) is 4.90 Å². The lowest BCUT2D eigenvalue weighted by molar-refractivity contribution is 0.669. The fraction of sp³-hybridized carbons (Fsp3) is 0. The zero-order valence-electron chi connectivity index (χ0n) is 23.2. The lowest BCUT2D eigenvalue weighted by atomic mass is 9.95. The van der Waals surface area contributed by atoms with Gasteiger partial charge in [0.1, 0.15) is 11.2 Å². The maximum Gasteiger partial charge on any atom is 0.135 e. The van der Waals surface area contributed by atoms with Gasteiger partial charge in [0.15, 0.2) is 0 Å². The van der Waals surface area contributed by atoms with Crippen molar-refractivity contribution in [1.82, 2.24) is 0 Å². The second-order valence-corrected chi connectivity index (χ2v) is 12.0. The van der Waals surface area contributed by atoms with Gasteiger partial charge in [0, 0.05) is 37.3 Å². The van der Waals surface area contributed by atoms with Gasteiger partial charge in [-0.2, -0.15) is 0 Å². The summed E-state index contributed by atoms with van der Waals surface area (Å²) >= 11 is 1.86. The Morgan fingerprint density at radius 2 is 1.14 bits per heavy atom. The minimum absolute atomic E-state index is 0.914. The maximum absolute atomic E-state index is 6.13. The van der Waals surface area contributed by atoms with Gasteiger partial charge in [0.2, 0.25) is 0 Å². The van der Waals surface area contributed by atoms with E-state index in [2.05, 4.69) is 144 Å². The first-order chi connectivity index (χ1) is 21.3. The number of hydrogen-bond donors (Lipinski definition) is 0. The Balaban J connectivity index is 1.29. The van der Waals surface area contributed by atoms with Gasteiger partial charge in [-0.1, -0.05) is 103 Å². The van der Waals surface area contributed by atoms with E-state index >= 15 is 0 Å². The van der Waals surface area contributed by atoms with Crippen LogP contribution in [0.5, 0.6) is 0 Å². The van der Waals surface area contributed by atoms with Gasteiger partial charge in [-0.05, 0) is 65.0 Å². The number of anilines is 3. The minimum atomic E-state index is 0.914. The standard InChI is InChI=1S/C40H25NOS/c1-2-11-27(12-3-1)41(36-18-10-17-33-32-16-7-9-20-39(32)43-40(33)36)35-23-22-28(29-13-4-5-14-30(29)35)26-21-24-38-34(25-26)31-15-6-8-19-37(31)42-38/h1-25H. The Hall–Kier alpha value is -5.38. The molecule has 0 spiro atoms. The Bertz CT molecular complexity index is 2470. The van der Waals surface area contributed by atoms with Gasteiger partial charge in [0.05, 0.1) is 16.1 Å². The van der Waals surface area contributed by atoms with E-state index in [0.717, 1.165) is 33.3 Å². The average Bonchev–Trinajstić information content (AvgIpc) is 3.64. The van der Waals surface area contributed by atoms with E-state index in [4.69, 9.17) is 4.42 Å². The third-order valence-corrected chi connectivity index (χ3v) is 9.68.